The first-order valence-corrected chi connectivity index (χ1v) is 18.4. The minimum Gasteiger partial charge on any atom is -0.465 e. The molecule has 5 aliphatic carbocycles. The van der Waals surface area contributed by atoms with Crippen LogP contribution in [0.2, 0.25) is 0 Å². The Morgan fingerprint density at radius 2 is 1.54 bits per heavy atom. The Bertz CT molecular complexity index is 1240. The fourth-order valence-electron chi connectivity index (χ4n) is 13.2. The van der Waals surface area contributed by atoms with Crippen molar-refractivity contribution in [3.05, 3.63) is 12.2 Å². The molecule has 0 aromatic carbocycles. The van der Waals surface area contributed by atoms with Gasteiger partial charge in [-0.05, 0) is 130 Å². The van der Waals surface area contributed by atoms with Crippen LogP contribution in [0.4, 0.5) is 0 Å². The van der Waals surface area contributed by atoms with Gasteiger partial charge >= 0.3 is 17.9 Å². The fourth-order valence-corrected chi connectivity index (χ4v) is 13.2. The van der Waals surface area contributed by atoms with Crippen LogP contribution in [-0.2, 0) is 33.3 Å². The van der Waals surface area contributed by atoms with Crippen LogP contribution in [0.3, 0.4) is 0 Å². The molecule has 1 aliphatic heterocycles. The molecule has 0 aromatic rings. The van der Waals surface area contributed by atoms with E-state index in [9.17, 15) is 14.4 Å². The highest BCUT2D eigenvalue weighted by Gasteiger charge is 2.72. The SMILES string of the molecule is C=C(C)[C@@H]1CC[C@]2(C(=O)OCC3CCCO3)CC[C@]3(C)[C@H](CC[C@@H]4[C@@]5(C)CC[C@H](OC(C)=O)[C@@](C)(COC(C)=O)[C@@H]5CC[C@]43C)[C@@H]12. The second kappa shape index (κ2) is 11.9. The highest BCUT2D eigenvalue weighted by molar-refractivity contribution is 5.78. The summed E-state index contributed by atoms with van der Waals surface area (Å²) in [5, 5.41) is 0. The van der Waals surface area contributed by atoms with E-state index in [1.165, 1.54) is 19.4 Å². The number of ether oxygens (including phenoxy) is 4. The van der Waals surface area contributed by atoms with Crippen LogP contribution >= 0.6 is 0 Å². The molecule has 0 N–H and O–H groups in total. The first-order chi connectivity index (χ1) is 21.6. The fraction of sp³-hybridized carbons (Fsp3) is 0.872. The number of esters is 3. The Morgan fingerprint density at radius 1 is 0.783 bits per heavy atom. The van der Waals surface area contributed by atoms with Crippen LogP contribution in [-0.4, -0.2) is 49.9 Å². The van der Waals surface area contributed by atoms with Crippen molar-refractivity contribution in [2.45, 2.75) is 138 Å². The van der Waals surface area contributed by atoms with Crippen LogP contribution < -0.4 is 0 Å². The van der Waals surface area contributed by atoms with Crippen molar-refractivity contribution in [2.24, 2.45) is 56.7 Å². The zero-order valence-electron chi connectivity index (χ0n) is 29.7. The Morgan fingerprint density at radius 3 is 2.20 bits per heavy atom. The molecule has 1 unspecified atom stereocenters. The lowest BCUT2D eigenvalue weighted by molar-refractivity contribution is -0.257. The summed E-state index contributed by atoms with van der Waals surface area (Å²) in [5.74, 6) is 1.29. The molecule has 0 aromatic heterocycles. The van der Waals surface area contributed by atoms with Crippen molar-refractivity contribution < 1.29 is 33.3 Å². The second-order valence-corrected chi connectivity index (χ2v) is 17.5. The van der Waals surface area contributed by atoms with Crippen LogP contribution in [0, 0.1) is 56.7 Å². The van der Waals surface area contributed by atoms with Gasteiger partial charge in [0.15, 0.2) is 0 Å². The van der Waals surface area contributed by atoms with Gasteiger partial charge in [0, 0.05) is 25.9 Å². The quantitative estimate of drug-likeness (QED) is 0.159. The van der Waals surface area contributed by atoms with E-state index >= 15 is 0 Å². The van der Waals surface area contributed by atoms with Gasteiger partial charge < -0.3 is 18.9 Å². The topological polar surface area (TPSA) is 88.1 Å². The molecule has 0 radical (unpaired) electrons. The van der Waals surface area contributed by atoms with E-state index in [0.717, 1.165) is 83.7 Å². The van der Waals surface area contributed by atoms with Crippen molar-refractivity contribution in [3.63, 3.8) is 0 Å². The highest BCUT2D eigenvalue weighted by Crippen LogP contribution is 2.77. The van der Waals surface area contributed by atoms with Gasteiger partial charge in [-0.3, -0.25) is 14.4 Å². The maximum Gasteiger partial charge on any atom is 0.312 e. The lowest BCUT2D eigenvalue weighted by Gasteiger charge is -2.72. The minimum absolute atomic E-state index is 0.0202. The Hall–Kier alpha value is -1.89. The number of carbonyl (C=O) groups is 3. The Labute approximate surface area is 277 Å². The molecular formula is C39H60O7. The van der Waals surface area contributed by atoms with E-state index in [2.05, 4.69) is 41.2 Å². The van der Waals surface area contributed by atoms with E-state index in [4.69, 9.17) is 18.9 Å². The molecule has 46 heavy (non-hydrogen) atoms. The monoisotopic (exact) mass is 640 g/mol. The third-order valence-corrected chi connectivity index (χ3v) is 15.5. The van der Waals surface area contributed by atoms with Gasteiger partial charge in [-0.15, -0.1) is 0 Å². The van der Waals surface area contributed by atoms with Gasteiger partial charge in [-0.2, -0.15) is 0 Å². The van der Waals surface area contributed by atoms with Gasteiger partial charge in [0.2, 0.25) is 0 Å². The molecule has 1 heterocycles. The molecule has 1 saturated heterocycles. The molecule has 6 fully saturated rings. The molecule has 12 atom stereocenters. The third-order valence-electron chi connectivity index (χ3n) is 15.5. The summed E-state index contributed by atoms with van der Waals surface area (Å²) in [7, 11) is 0. The Balaban J connectivity index is 1.32. The standard InChI is InChI=1S/C39H60O7/c1-24(2)28-13-18-39(34(42)44-22-27-10-9-21-43-27)20-19-37(7)29(33(28)39)11-12-31-35(5)16-15-32(46-26(4)41)36(6,23-45-25(3)40)30(35)14-17-38(31,37)8/h27-33H,1,9-23H2,2-8H3/t27?,28-,29+,30+,31+,32-,33+,35-,36-,37+,38+,39-/m0/s1. The highest BCUT2D eigenvalue weighted by atomic mass is 16.6. The van der Waals surface area contributed by atoms with E-state index in [0.29, 0.717) is 24.4 Å². The molecule has 0 spiro atoms. The first kappa shape index (κ1) is 34.0. The van der Waals surface area contributed by atoms with Gasteiger partial charge in [0.1, 0.15) is 19.3 Å². The zero-order valence-corrected chi connectivity index (χ0v) is 29.7. The lowest BCUT2D eigenvalue weighted by Crippen LogP contribution is -2.68. The predicted octanol–water partition coefficient (Wildman–Crippen LogP) is 7.84. The van der Waals surface area contributed by atoms with E-state index < -0.39 is 10.8 Å². The zero-order chi connectivity index (χ0) is 33.3. The largest absolute Gasteiger partial charge is 0.465 e. The average molecular weight is 641 g/mol. The van der Waals surface area contributed by atoms with E-state index in [1.807, 2.05) is 0 Å². The van der Waals surface area contributed by atoms with E-state index in [-0.39, 0.29) is 64.8 Å². The molecule has 7 heteroatoms. The van der Waals surface area contributed by atoms with Gasteiger partial charge in [-0.25, -0.2) is 0 Å². The molecule has 0 bridgehead atoms. The molecule has 258 valence electrons. The minimum atomic E-state index is -0.436. The molecule has 6 rings (SSSR count). The molecule has 7 nitrogen and oxygen atoms in total. The first-order valence-electron chi connectivity index (χ1n) is 18.4. The van der Waals surface area contributed by atoms with Crippen molar-refractivity contribution in [3.8, 4) is 0 Å². The predicted molar refractivity (Wildman–Crippen MR) is 175 cm³/mol. The average Bonchev–Trinajstić information content (AvgIpc) is 3.66. The van der Waals surface area contributed by atoms with Crippen LogP contribution in [0.1, 0.15) is 126 Å². The van der Waals surface area contributed by atoms with Crippen LogP contribution in [0.15, 0.2) is 12.2 Å². The van der Waals surface area contributed by atoms with Crippen molar-refractivity contribution in [2.75, 3.05) is 19.8 Å². The number of allylic oxidation sites excluding steroid dienone is 1. The van der Waals surface area contributed by atoms with Crippen molar-refractivity contribution >= 4 is 17.9 Å². The van der Waals surface area contributed by atoms with Crippen molar-refractivity contribution in [1.82, 2.24) is 0 Å². The summed E-state index contributed by atoms with van der Waals surface area (Å²) in [6.45, 7) is 20.9. The summed E-state index contributed by atoms with van der Waals surface area (Å²) >= 11 is 0. The smallest absolute Gasteiger partial charge is 0.312 e. The van der Waals surface area contributed by atoms with Gasteiger partial charge in [-0.1, -0.05) is 39.8 Å². The number of hydrogen-bond donors (Lipinski definition) is 0. The molecular weight excluding hydrogens is 580 g/mol. The summed E-state index contributed by atoms with van der Waals surface area (Å²) in [5.41, 5.74) is 0.578. The number of carbonyl (C=O) groups excluding carboxylic acids is 3. The summed E-state index contributed by atoms with van der Waals surface area (Å²) in [6.07, 6.45) is 11.8. The molecule has 6 aliphatic rings. The summed E-state index contributed by atoms with van der Waals surface area (Å²) < 4.78 is 23.7. The Kier molecular flexibility index (Phi) is 8.80. The van der Waals surface area contributed by atoms with Gasteiger partial charge in [0.05, 0.1) is 11.5 Å². The van der Waals surface area contributed by atoms with Crippen LogP contribution in [0.5, 0.6) is 0 Å². The summed E-state index contributed by atoms with van der Waals surface area (Å²) in [4.78, 5) is 38.5. The summed E-state index contributed by atoms with van der Waals surface area (Å²) in [6, 6.07) is 0. The van der Waals surface area contributed by atoms with Crippen molar-refractivity contribution in [1.29, 1.82) is 0 Å². The van der Waals surface area contributed by atoms with E-state index in [1.54, 1.807) is 0 Å². The number of rotatable bonds is 7. The third kappa shape index (κ3) is 5.02. The second-order valence-electron chi connectivity index (χ2n) is 17.5. The molecule has 0 amide bonds. The van der Waals surface area contributed by atoms with Crippen LogP contribution in [0.25, 0.3) is 0 Å². The normalized spacial score (nSPS) is 47.8. The van der Waals surface area contributed by atoms with Gasteiger partial charge in [0.25, 0.3) is 0 Å². The maximum absolute atomic E-state index is 14.2. The maximum atomic E-state index is 14.2. The lowest BCUT2D eigenvalue weighted by atomic mass is 9.32. The number of hydrogen-bond acceptors (Lipinski definition) is 7. The number of fused-ring (bicyclic) bond motifs is 7. The molecule has 5 saturated carbocycles.